The molecule has 1 aromatic heterocycles. The van der Waals surface area contributed by atoms with Gasteiger partial charge in [-0.2, -0.15) is 0 Å². The molecule has 2 aliphatic heterocycles. The summed E-state index contributed by atoms with van der Waals surface area (Å²) in [5.41, 5.74) is 2.25. The molecule has 6 nitrogen and oxygen atoms in total. The maximum absolute atomic E-state index is 14.5. The van der Waals surface area contributed by atoms with Crippen molar-refractivity contribution in [1.82, 2.24) is 9.97 Å². The molecule has 2 aliphatic rings. The number of carbonyl (C=O) groups is 1. The molecule has 150 valence electrons. The Morgan fingerprint density at radius 3 is 2.93 bits per heavy atom. The summed E-state index contributed by atoms with van der Waals surface area (Å²) in [6, 6.07) is 5.64. The number of hydrogen-bond acceptors (Lipinski definition) is 4. The van der Waals surface area contributed by atoms with E-state index in [4.69, 9.17) is 9.47 Å². The lowest BCUT2D eigenvalue weighted by Gasteiger charge is -2.27. The van der Waals surface area contributed by atoms with Gasteiger partial charge in [-0.15, -0.1) is 0 Å². The molecule has 3 aromatic rings. The molecular formula is C21H19F2N3O3. The third kappa shape index (κ3) is 3.08. The number of amides is 1. The zero-order valence-corrected chi connectivity index (χ0v) is 15.8. The van der Waals surface area contributed by atoms with Crippen molar-refractivity contribution >= 4 is 22.6 Å². The van der Waals surface area contributed by atoms with Crippen LogP contribution >= 0.6 is 0 Å². The summed E-state index contributed by atoms with van der Waals surface area (Å²) in [6.45, 7) is 2.76. The predicted molar refractivity (Wildman–Crippen MR) is 102 cm³/mol. The first-order valence-corrected chi connectivity index (χ1v) is 9.59. The molecule has 0 radical (unpaired) electrons. The van der Waals surface area contributed by atoms with Crippen molar-refractivity contribution in [3.63, 3.8) is 0 Å². The quantitative estimate of drug-likeness (QED) is 0.718. The van der Waals surface area contributed by atoms with Gasteiger partial charge in [0.05, 0.1) is 17.7 Å². The highest BCUT2D eigenvalue weighted by Gasteiger charge is 2.30. The number of aromatic nitrogens is 2. The van der Waals surface area contributed by atoms with Gasteiger partial charge in [-0.1, -0.05) is 0 Å². The molecule has 5 rings (SSSR count). The molecule has 1 atom stereocenters. The lowest BCUT2D eigenvalue weighted by Crippen LogP contribution is -2.24. The molecule has 29 heavy (non-hydrogen) atoms. The standard InChI is InChI=1S/C21H19F2N3O3/c1-11-24-15-9-13(26-5-2-3-19(26)27)10-18(21(15)25-11)29-16-4-6-28-17-8-12(22)7-14(23)20(16)17/h7-10,16H,2-6H2,1H3,(H,24,25). The number of carbonyl (C=O) groups excluding carboxylic acids is 1. The van der Waals surface area contributed by atoms with Crippen molar-refractivity contribution in [3.8, 4) is 11.5 Å². The second-order valence-electron chi connectivity index (χ2n) is 7.35. The largest absolute Gasteiger partial charge is 0.493 e. The molecule has 1 saturated heterocycles. The zero-order valence-electron chi connectivity index (χ0n) is 15.8. The van der Waals surface area contributed by atoms with E-state index >= 15 is 0 Å². The van der Waals surface area contributed by atoms with Crippen molar-refractivity contribution < 1.29 is 23.0 Å². The maximum Gasteiger partial charge on any atom is 0.227 e. The number of anilines is 1. The van der Waals surface area contributed by atoms with Crippen LogP contribution in [-0.4, -0.2) is 29.0 Å². The number of nitrogens with zero attached hydrogens (tertiary/aromatic N) is 2. The number of hydrogen-bond donors (Lipinski definition) is 1. The Bertz CT molecular complexity index is 1130. The summed E-state index contributed by atoms with van der Waals surface area (Å²) in [7, 11) is 0. The third-order valence-corrected chi connectivity index (χ3v) is 5.33. The SMILES string of the molecule is Cc1nc2c(OC3CCOc4cc(F)cc(F)c43)cc(N3CCCC3=O)cc2[nH]1. The lowest BCUT2D eigenvalue weighted by molar-refractivity contribution is -0.117. The van der Waals surface area contributed by atoms with Crippen molar-refractivity contribution in [2.24, 2.45) is 0 Å². The molecule has 0 saturated carbocycles. The fraction of sp³-hybridized carbons (Fsp3) is 0.333. The van der Waals surface area contributed by atoms with Crippen LogP contribution in [0.15, 0.2) is 24.3 Å². The van der Waals surface area contributed by atoms with Gasteiger partial charge in [0.2, 0.25) is 5.91 Å². The maximum atomic E-state index is 14.5. The molecule has 0 bridgehead atoms. The van der Waals surface area contributed by atoms with E-state index in [1.165, 1.54) is 6.07 Å². The summed E-state index contributed by atoms with van der Waals surface area (Å²) in [5.74, 6) is -0.0335. The smallest absolute Gasteiger partial charge is 0.227 e. The normalized spacial score (nSPS) is 18.8. The molecule has 8 heteroatoms. The Morgan fingerprint density at radius 1 is 1.28 bits per heavy atom. The highest BCUT2D eigenvalue weighted by molar-refractivity contribution is 5.98. The van der Waals surface area contributed by atoms with Crippen LogP contribution in [0.5, 0.6) is 11.5 Å². The van der Waals surface area contributed by atoms with E-state index in [0.717, 1.165) is 18.0 Å². The van der Waals surface area contributed by atoms with Crippen molar-refractivity contribution in [2.45, 2.75) is 32.3 Å². The predicted octanol–water partition coefficient (Wildman–Crippen LogP) is 4.18. The Morgan fingerprint density at radius 2 is 2.14 bits per heavy atom. The molecule has 0 aliphatic carbocycles. The molecule has 2 aromatic carbocycles. The van der Waals surface area contributed by atoms with E-state index in [9.17, 15) is 13.6 Å². The Kier molecular flexibility index (Phi) is 4.15. The third-order valence-electron chi connectivity index (χ3n) is 5.33. The first-order chi connectivity index (χ1) is 14.0. The van der Waals surface area contributed by atoms with Crippen LogP contribution < -0.4 is 14.4 Å². The van der Waals surface area contributed by atoms with E-state index in [2.05, 4.69) is 9.97 Å². The minimum absolute atomic E-state index is 0.0597. The fourth-order valence-corrected chi connectivity index (χ4v) is 4.05. The monoisotopic (exact) mass is 399 g/mol. The van der Waals surface area contributed by atoms with E-state index in [0.29, 0.717) is 42.2 Å². The van der Waals surface area contributed by atoms with Gasteiger partial charge in [0.15, 0.2) is 0 Å². The number of nitrogens with one attached hydrogen (secondary N) is 1. The first-order valence-electron chi connectivity index (χ1n) is 9.59. The van der Waals surface area contributed by atoms with Gasteiger partial charge in [0, 0.05) is 43.3 Å². The van der Waals surface area contributed by atoms with Crippen molar-refractivity contribution in [2.75, 3.05) is 18.1 Å². The molecule has 3 heterocycles. The molecule has 1 amide bonds. The Labute approximate surface area is 165 Å². The van der Waals surface area contributed by atoms with Gasteiger partial charge in [-0.25, -0.2) is 13.8 Å². The second kappa shape index (κ2) is 6.72. The highest BCUT2D eigenvalue weighted by atomic mass is 19.1. The van der Waals surface area contributed by atoms with E-state index in [-0.39, 0.29) is 23.8 Å². The number of aryl methyl sites for hydroxylation is 1. The second-order valence-corrected chi connectivity index (χ2v) is 7.35. The zero-order chi connectivity index (χ0) is 20.1. The van der Waals surface area contributed by atoms with Crippen LogP contribution in [0, 0.1) is 18.6 Å². The van der Waals surface area contributed by atoms with Crippen LogP contribution in [0.25, 0.3) is 11.0 Å². The topological polar surface area (TPSA) is 67.5 Å². The van der Waals surface area contributed by atoms with Crippen LogP contribution in [0.1, 0.15) is 36.8 Å². The average Bonchev–Trinajstić information content (AvgIpc) is 3.26. The molecule has 1 N–H and O–H groups in total. The van der Waals surface area contributed by atoms with Gasteiger partial charge in [0.1, 0.15) is 40.6 Å². The number of benzene rings is 2. The summed E-state index contributed by atoms with van der Waals surface area (Å²) >= 11 is 0. The van der Waals surface area contributed by atoms with E-state index in [1.807, 2.05) is 13.0 Å². The number of aromatic amines is 1. The van der Waals surface area contributed by atoms with Crippen LogP contribution in [0.2, 0.25) is 0 Å². The number of H-pyrrole nitrogens is 1. The van der Waals surface area contributed by atoms with Gasteiger partial charge >= 0.3 is 0 Å². The summed E-state index contributed by atoms with van der Waals surface area (Å²) in [6.07, 6.45) is 1.08. The van der Waals surface area contributed by atoms with Gasteiger partial charge in [-0.3, -0.25) is 4.79 Å². The molecule has 0 spiro atoms. The summed E-state index contributed by atoms with van der Waals surface area (Å²) in [5, 5.41) is 0. The van der Waals surface area contributed by atoms with Crippen molar-refractivity contribution in [1.29, 1.82) is 0 Å². The van der Waals surface area contributed by atoms with Gasteiger partial charge in [-0.05, 0) is 19.4 Å². The van der Waals surface area contributed by atoms with Gasteiger partial charge < -0.3 is 19.4 Å². The highest BCUT2D eigenvalue weighted by Crippen LogP contribution is 2.40. The molecule has 1 fully saturated rings. The summed E-state index contributed by atoms with van der Waals surface area (Å²) < 4.78 is 39.7. The summed E-state index contributed by atoms with van der Waals surface area (Å²) in [4.78, 5) is 21.6. The molecular weight excluding hydrogens is 380 g/mol. The number of fused-ring (bicyclic) bond motifs is 2. The van der Waals surface area contributed by atoms with Crippen LogP contribution in [0.3, 0.4) is 0 Å². The minimum Gasteiger partial charge on any atom is -0.493 e. The average molecular weight is 399 g/mol. The van der Waals surface area contributed by atoms with Crippen molar-refractivity contribution in [3.05, 3.63) is 47.3 Å². The first kappa shape index (κ1) is 17.9. The van der Waals surface area contributed by atoms with E-state index in [1.54, 1.807) is 11.0 Å². The Hall–Kier alpha value is -3.16. The van der Waals surface area contributed by atoms with E-state index < -0.39 is 17.7 Å². The number of ether oxygens (including phenoxy) is 2. The number of halogens is 2. The van der Waals surface area contributed by atoms with Gasteiger partial charge in [0.25, 0.3) is 0 Å². The number of imidazole rings is 1. The Balaban J connectivity index is 1.58. The lowest BCUT2D eigenvalue weighted by atomic mass is 10.0. The number of rotatable bonds is 3. The molecule has 1 unspecified atom stereocenters. The van der Waals surface area contributed by atoms with Crippen LogP contribution in [0.4, 0.5) is 14.5 Å². The fourth-order valence-electron chi connectivity index (χ4n) is 4.05. The minimum atomic E-state index is -0.704. The van der Waals surface area contributed by atoms with Crippen LogP contribution in [-0.2, 0) is 4.79 Å².